The first-order valence-corrected chi connectivity index (χ1v) is 5.79. The molecule has 0 aliphatic heterocycles. The predicted octanol–water partition coefficient (Wildman–Crippen LogP) is 2.12. The third kappa shape index (κ3) is 2.08. The molecule has 3 aromatic rings. The van der Waals surface area contributed by atoms with Crippen LogP contribution in [-0.4, -0.2) is 20.7 Å². The SMILES string of the molecule is Cc1cc(NC(=O)c2ccc3ocnc3c2)n(C)n1. The van der Waals surface area contributed by atoms with E-state index in [1.165, 1.54) is 6.39 Å². The minimum Gasteiger partial charge on any atom is -0.443 e. The quantitative estimate of drug-likeness (QED) is 0.762. The fourth-order valence-corrected chi connectivity index (χ4v) is 1.92. The van der Waals surface area contributed by atoms with Gasteiger partial charge in [-0.05, 0) is 25.1 Å². The van der Waals surface area contributed by atoms with Crippen molar-refractivity contribution in [1.29, 1.82) is 0 Å². The minimum absolute atomic E-state index is 0.201. The first-order valence-electron chi connectivity index (χ1n) is 5.79. The number of nitrogens with zero attached hydrogens (tertiary/aromatic N) is 3. The number of fused-ring (bicyclic) bond motifs is 1. The topological polar surface area (TPSA) is 73.0 Å². The zero-order chi connectivity index (χ0) is 13.4. The van der Waals surface area contributed by atoms with Crippen LogP contribution in [0, 0.1) is 6.92 Å². The van der Waals surface area contributed by atoms with Crippen molar-refractivity contribution in [1.82, 2.24) is 14.8 Å². The lowest BCUT2D eigenvalue weighted by Gasteiger charge is -2.04. The van der Waals surface area contributed by atoms with E-state index in [4.69, 9.17) is 4.42 Å². The standard InChI is InChI=1S/C13H12N4O2/c1-8-5-12(17(2)16-8)15-13(18)9-3-4-11-10(6-9)14-7-19-11/h3-7H,1-2H3,(H,15,18). The van der Waals surface area contributed by atoms with Crippen LogP contribution in [-0.2, 0) is 7.05 Å². The van der Waals surface area contributed by atoms with Crippen LogP contribution in [0.4, 0.5) is 5.82 Å². The molecule has 3 rings (SSSR count). The highest BCUT2D eigenvalue weighted by atomic mass is 16.3. The Morgan fingerprint density at radius 2 is 2.21 bits per heavy atom. The molecular formula is C13H12N4O2. The van der Waals surface area contributed by atoms with Crippen LogP contribution in [0.25, 0.3) is 11.1 Å². The lowest BCUT2D eigenvalue weighted by Crippen LogP contribution is -2.14. The van der Waals surface area contributed by atoms with E-state index in [0.29, 0.717) is 22.5 Å². The normalized spacial score (nSPS) is 10.8. The minimum atomic E-state index is -0.201. The molecule has 0 bridgehead atoms. The monoisotopic (exact) mass is 256 g/mol. The van der Waals surface area contributed by atoms with Crippen molar-refractivity contribution in [2.45, 2.75) is 6.92 Å². The molecule has 1 amide bonds. The average Bonchev–Trinajstić information content (AvgIpc) is 2.95. The molecule has 0 saturated heterocycles. The number of rotatable bonds is 2. The highest BCUT2D eigenvalue weighted by molar-refractivity contribution is 6.05. The number of hydrogen-bond donors (Lipinski definition) is 1. The van der Waals surface area contributed by atoms with Gasteiger partial charge in [0, 0.05) is 18.7 Å². The van der Waals surface area contributed by atoms with Crippen LogP contribution in [0.5, 0.6) is 0 Å². The Morgan fingerprint density at radius 1 is 1.37 bits per heavy atom. The zero-order valence-electron chi connectivity index (χ0n) is 10.5. The molecule has 0 atom stereocenters. The van der Waals surface area contributed by atoms with E-state index in [2.05, 4.69) is 15.4 Å². The summed E-state index contributed by atoms with van der Waals surface area (Å²) < 4.78 is 6.76. The van der Waals surface area contributed by atoms with Gasteiger partial charge in [0.1, 0.15) is 11.3 Å². The van der Waals surface area contributed by atoms with Gasteiger partial charge in [0.25, 0.3) is 5.91 Å². The van der Waals surface area contributed by atoms with Crippen molar-refractivity contribution in [2.24, 2.45) is 7.05 Å². The summed E-state index contributed by atoms with van der Waals surface area (Å²) in [6.45, 7) is 1.87. The predicted molar refractivity (Wildman–Crippen MR) is 69.9 cm³/mol. The van der Waals surface area contributed by atoms with Crippen molar-refractivity contribution in [3.8, 4) is 0 Å². The van der Waals surface area contributed by atoms with E-state index in [-0.39, 0.29) is 5.91 Å². The van der Waals surface area contributed by atoms with Gasteiger partial charge in [-0.15, -0.1) is 0 Å². The molecule has 0 spiro atoms. The fraction of sp³-hybridized carbons (Fsp3) is 0.154. The largest absolute Gasteiger partial charge is 0.443 e. The maximum Gasteiger partial charge on any atom is 0.256 e. The summed E-state index contributed by atoms with van der Waals surface area (Å²) in [5.41, 5.74) is 2.70. The molecule has 0 fully saturated rings. The summed E-state index contributed by atoms with van der Waals surface area (Å²) in [6.07, 6.45) is 1.36. The van der Waals surface area contributed by atoms with Gasteiger partial charge < -0.3 is 9.73 Å². The van der Waals surface area contributed by atoms with Gasteiger partial charge >= 0.3 is 0 Å². The Balaban J connectivity index is 1.89. The molecule has 96 valence electrons. The number of aromatic nitrogens is 3. The van der Waals surface area contributed by atoms with E-state index in [0.717, 1.165) is 5.69 Å². The molecule has 0 aliphatic rings. The summed E-state index contributed by atoms with van der Waals surface area (Å²) in [5, 5.41) is 6.98. The summed E-state index contributed by atoms with van der Waals surface area (Å²) in [5.74, 6) is 0.454. The van der Waals surface area contributed by atoms with E-state index in [1.54, 1.807) is 29.9 Å². The number of carbonyl (C=O) groups is 1. The Hall–Kier alpha value is -2.63. The van der Waals surface area contributed by atoms with Crippen LogP contribution < -0.4 is 5.32 Å². The first kappa shape index (κ1) is 11.5. The van der Waals surface area contributed by atoms with Crippen LogP contribution in [0.2, 0.25) is 0 Å². The van der Waals surface area contributed by atoms with E-state index >= 15 is 0 Å². The van der Waals surface area contributed by atoms with Crippen molar-refractivity contribution >= 4 is 22.8 Å². The molecule has 6 nitrogen and oxygen atoms in total. The molecule has 1 aromatic carbocycles. The van der Waals surface area contributed by atoms with Crippen LogP contribution in [0.1, 0.15) is 16.1 Å². The Morgan fingerprint density at radius 3 is 2.95 bits per heavy atom. The molecule has 0 unspecified atom stereocenters. The number of hydrogen-bond acceptors (Lipinski definition) is 4. The first-order chi connectivity index (χ1) is 9.13. The van der Waals surface area contributed by atoms with Gasteiger partial charge in [-0.1, -0.05) is 0 Å². The lowest BCUT2D eigenvalue weighted by molar-refractivity contribution is 0.102. The third-order valence-electron chi connectivity index (χ3n) is 2.84. The maximum absolute atomic E-state index is 12.1. The summed E-state index contributed by atoms with van der Waals surface area (Å²) in [7, 11) is 1.78. The molecule has 0 radical (unpaired) electrons. The van der Waals surface area contributed by atoms with Crippen molar-refractivity contribution in [3.63, 3.8) is 0 Å². The fourth-order valence-electron chi connectivity index (χ4n) is 1.92. The van der Waals surface area contributed by atoms with Gasteiger partial charge in [0.2, 0.25) is 0 Å². The van der Waals surface area contributed by atoms with E-state index in [9.17, 15) is 4.79 Å². The number of oxazole rings is 1. The van der Waals surface area contributed by atoms with Crippen LogP contribution in [0.15, 0.2) is 35.1 Å². The zero-order valence-corrected chi connectivity index (χ0v) is 10.5. The smallest absolute Gasteiger partial charge is 0.256 e. The number of anilines is 1. The van der Waals surface area contributed by atoms with Crippen molar-refractivity contribution in [3.05, 3.63) is 41.9 Å². The summed E-state index contributed by atoms with van der Waals surface area (Å²) >= 11 is 0. The Kier molecular flexibility index (Phi) is 2.56. The maximum atomic E-state index is 12.1. The van der Waals surface area contributed by atoms with Crippen molar-refractivity contribution < 1.29 is 9.21 Å². The molecule has 19 heavy (non-hydrogen) atoms. The number of benzene rings is 1. The second-order valence-corrected chi connectivity index (χ2v) is 4.28. The highest BCUT2D eigenvalue weighted by Crippen LogP contribution is 2.16. The molecule has 2 heterocycles. The molecular weight excluding hydrogens is 244 g/mol. The van der Waals surface area contributed by atoms with Crippen LogP contribution in [0.3, 0.4) is 0 Å². The summed E-state index contributed by atoms with van der Waals surface area (Å²) in [4.78, 5) is 16.2. The number of aryl methyl sites for hydroxylation is 2. The van der Waals surface area contributed by atoms with E-state index < -0.39 is 0 Å². The van der Waals surface area contributed by atoms with Gasteiger partial charge in [-0.2, -0.15) is 5.10 Å². The van der Waals surface area contributed by atoms with Crippen molar-refractivity contribution in [2.75, 3.05) is 5.32 Å². The van der Waals surface area contributed by atoms with Crippen LogP contribution >= 0.6 is 0 Å². The molecule has 1 N–H and O–H groups in total. The highest BCUT2D eigenvalue weighted by Gasteiger charge is 2.11. The molecule has 2 aromatic heterocycles. The molecule has 0 saturated carbocycles. The Bertz CT molecular complexity index is 757. The van der Waals surface area contributed by atoms with Gasteiger partial charge in [0.15, 0.2) is 12.0 Å². The van der Waals surface area contributed by atoms with E-state index in [1.807, 2.05) is 13.0 Å². The number of carbonyl (C=O) groups excluding carboxylic acids is 1. The number of amides is 1. The van der Waals surface area contributed by atoms with Gasteiger partial charge in [-0.25, -0.2) is 4.98 Å². The van der Waals surface area contributed by atoms with Gasteiger partial charge in [0.05, 0.1) is 5.69 Å². The summed E-state index contributed by atoms with van der Waals surface area (Å²) in [6, 6.07) is 6.93. The molecule has 6 heteroatoms. The molecule has 0 aliphatic carbocycles. The second-order valence-electron chi connectivity index (χ2n) is 4.28. The second kappa shape index (κ2) is 4.24. The average molecular weight is 256 g/mol. The Labute approximate surface area is 109 Å². The lowest BCUT2D eigenvalue weighted by atomic mass is 10.2. The number of nitrogens with one attached hydrogen (secondary N) is 1. The third-order valence-corrected chi connectivity index (χ3v) is 2.84. The van der Waals surface area contributed by atoms with Gasteiger partial charge in [-0.3, -0.25) is 9.48 Å².